The molecule has 1 aliphatic rings. The summed E-state index contributed by atoms with van der Waals surface area (Å²) in [5.41, 5.74) is 2.89. The normalized spacial score (nSPS) is 18.6. The average molecular weight is 398 g/mol. The van der Waals surface area contributed by atoms with E-state index in [-0.39, 0.29) is 17.7 Å². The molecule has 2 aromatic carbocycles. The molecule has 1 aliphatic heterocycles. The van der Waals surface area contributed by atoms with Crippen molar-refractivity contribution in [1.29, 1.82) is 0 Å². The molecule has 0 spiro atoms. The van der Waals surface area contributed by atoms with Gasteiger partial charge in [-0.1, -0.05) is 35.5 Å². The largest absolute Gasteiger partial charge is 0.339 e. The molecule has 30 heavy (non-hydrogen) atoms. The van der Waals surface area contributed by atoms with Crippen molar-refractivity contribution >= 4 is 5.91 Å². The van der Waals surface area contributed by atoms with Crippen LogP contribution in [0.25, 0.3) is 5.69 Å². The highest BCUT2D eigenvalue weighted by Gasteiger charge is 2.40. The smallest absolute Gasteiger partial charge is 0.253 e. The van der Waals surface area contributed by atoms with Crippen molar-refractivity contribution in [2.45, 2.75) is 18.8 Å². The van der Waals surface area contributed by atoms with Gasteiger partial charge in [-0.2, -0.15) is 4.98 Å². The molecule has 0 saturated carbocycles. The fourth-order valence-corrected chi connectivity index (χ4v) is 4.19. The third-order valence-corrected chi connectivity index (χ3v) is 5.71. The van der Waals surface area contributed by atoms with E-state index < -0.39 is 0 Å². The minimum absolute atomic E-state index is 0.0169. The first-order valence-electron chi connectivity index (χ1n) is 10.1. The maximum Gasteiger partial charge on any atom is 0.253 e. The maximum absolute atomic E-state index is 13.3. The molecule has 2 unspecified atom stereocenters. The van der Waals surface area contributed by atoms with Crippen molar-refractivity contribution in [3.05, 3.63) is 102 Å². The van der Waals surface area contributed by atoms with Gasteiger partial charge >= 0.3 is 0 Å². The molecule has 1 saturated heterocycles. The molecular formula is C24H22N4O2. The van der Waals surface area contributed by atoms with Gasteiger partial charge in [-0.3, -0.25) is 4.79 Å². The van der Waals surface area contributed by atoms with Crippen molar-refractivity contribution in [3.8, 4) is 5.69 Å². The highest BCUT2D eigenvalue weighted by atomic mass is 16.5. The third kappa shape index (κ3) is 3.41. The van der Waals surface area contributed by atoms with Crippen LogP contribution in [-0.2, 0) is 0 Å². The van der Waals surface area contributed by atoms with Crippen molar-refractivity contribution in [2.24, 2.45) is 0 Å². The van der Waals surface area contributed by atoms with Gasteiger partial charge in [-0.05, 0) is 48.9 Å². The zero-order chi connectivity index (χ0) is 20.5. The zero-order valence-electron chi connectivity index (χ0n) is 16.7. The standard InChI is InChI=1S/C24H22N4O2/c1-17-25-23(30-26-17)22-16-28(15-21(22)18-7-3-2-4-8-18)24(29)19-9-11-20(12-10-19)27-13-5-6-14-27/h2-14,21-22H,15-16H2,1H3. The lowest BCUT2D eigenvalue weighted by atomic mass is 9.89. The van der Waals surface area contributed by atoms with Gasteiger partial charge in [-0.25, -0.2) is 0 Å². The molecule has 3 heterocycles. The van der Waals surface area contributed by atoms with Gasteiger partial charge in [0.15, 0.2) is 5.82 Å². The Hall–Kier alpha value is -3.67. The molecule has 5 rings (SSSR count). The van der Waals surface area contributed by atoms with E-state index in [1.165, 1.54) is 5.56 Å². The predicted molar refractivity (Wildman–Crippen MR) is 113 cm³/mol. The van der Waals surface area contributed by atoms with Crippen LogP contribution in [0.5, 0.6) is 0 Å². The number of hydrogen-bond acceptors (Lipinski definition) is 4. The van der Waals surface area contributed by atoms with Gasteiger partial charge in [0.05, 0.1) is 5.92 Å². The molecule has 0 aliphatic carbocycles. The van der Waals surface area contributed by atoms with Crippen LogP contribution in [0.15, 0.2) is 83.6 Å². The molecule has 1 amide bonds. The Labute approximate surface area is 174 Å². The fourth-order valence-electron chi connectivity index (χ4n) is 4.19. The van der Waals surface area contributed by atoms with Crippen LogP contribution in [0.4, 0.5) is 0 Å². The van der Waals surface area contributed by atoms with E-state index in [9.17, 15) is 4.79 Å². The van der Waals surface area contributed by atoms with E-state index in [4.69, 9.17) is 4.52 Å². The molecule has 6 nitrogen and oxygen atoms in total. The number of benzene rings is 2. The number of hydrogen-bond donors (Lipinski definition) is 0. The van der Waals surface area contributed by atoms with E-state index in [1.54, 1.807) is 0 Å². The maximum atomic E-state index is 13.3. The molecule has 150 valence electrons. The fraction of sp³-hybridized carbons (Fsp3) is 0.208. The lowest BCUT2D eigenvalue weighted by molar-refractivity contribution is 0.0788. The first-order valence-corrected chi connectivity index (χ1v) is 10.1. The van der Waals surface area contributed by atoms with Crippen LogP contribution >= 0.6 is 0 Å². The molecule has 2 atom stereocenters. The molecule has 0 bridgehead atoms. The molecule has 0 radical (unpaired) electrons. The topological polar surface area (TPSA) is 64.2 Å². The van der Waals surface area contributed by atoms with Crippen molar-refractivity contribution < 1.29 is 9.32 Å². The SMILES string of the molecule is Cc1noc(C2CN(C(=O)c3ccc(-n4cccc4)cc3)CC2c2ccccc2)n1. The predicted octanol–water partition coefficient (Wildman–Crippen LogP) is 4.19. The highest BCUT2D eigenvalue weighted by molar-refractivity contribution is 5.94. The van der Waals surface area contributed by atoms with Gasteiger partial charge in [-0.15, -0.1) is 0 Å². The second-order valence-electron chi connectivity index (χ2n) is 7.65. The summed E-state index contributed by atoms with van der Waals surface area (Å²) in [6.45, 7) is 2.99. The van der Waals surface area contributed by atoms with Gasteiger partial charge in [0.25, 0.3) is 5.91 Å². The molecule has 4 aromatic rings. The minimum atomic E-state index is -0.0169. The summed E-state index contributed by atoms with van der Waals surface area (Å²) in [5, 5.41) is 3.96. The van der Waals surface area contributed by atoms with E-state index in [0.29, 0.717) is 30.4 Å². The Morgan fingerprint density at radius 3 is 2.30 bits per heavy atom. The number of aromatic nitrogens is 3. The summed E-state index contributed by atoms with van der Waals surface area (Å²) in [7, 11) is 0. The van der Waals surface area contributed by atoms with E-state index in [2.05, 4.69) is 22.3 Å². The molecule has 6 heteroatoms. The monoisotopic (exact) mass is 398 g/mol. The average Bonchev–Trinajstić information content (AvgIpc) is 3.54. The summed E-state index contributed by atoms with van der Waals surface area (Å²) in [4.78, 5) is 19.6. The van der Waals surface area contributed by atoms with Crippen LogP contribution in [0, 0.1) is 6.92 Å². The van der Waals surface area contributed by atoms with Gasteiger partial charge in [0.1, 0.15) is 0 Å². The Balaban J connectivity index is 1.41. The Morgan fingerprint density at radius 1 is 0.933 bits per heavy atom. The quantitative estimate of drug-likeness (QED) is 0.517. The lowest BCUT2D eigenvalue weighted by Gasteiger charge is -2.17. The van der Waals surface area contributed by atoms with Crippen molar-refractivity contribution in [2.75, 3.05) is 13.1 Å². The Kier molecular flexibility index (Phi) is 4.67. The van der Waals surface area contributed by atoms with Crippen LogP contribution in [0.2, 0.25) is 0 Å². The first-order chi connectivity index (χ1) is 14.7. The van der Waals surface area contributed by atoms with E-state index >= 15 is 0 Å². The molecular weight excluding hydrogens is 376 g/mol. The van der Waals surface area contributed by atoms with Crippen LogP contribution < -0.4 is 0 Å². The van der Waals surface area contributed by atoms with E-state index in [0.717, 1.165) is 5.69 Å². The Morgan fingerprint density at radius 2 is 1.63 bits per heavy atom. The number of amides is 1. The van der Waals surface area contributed by atoms with Crippen molar-refractivity contribution in [1.82, 2.24) is 19.6 Å². The van der Waals surface area contributed by atoms with Gasteiger partial charge in [0.2, 0.25) is 5.89 Å². The summed E-state index contributed by atoms with van der Waals surface area (Å²) >= 11 is 0. The Bertz CT molecular complexity index is 1130. The number of aryl methyl sites for hydroxylation is 1. The first kappa shape index (κ1) is 18.4. The molecule has 2 aromatic heterocycles. The number of carbonyl (C=O) groups is 1. The summed E-state index contributed by atoms with van der Waals surface area (Å²) in [6, 6.07) is 21.9. The van der Waals surface area contributed by atoms with Crippen LogP contribution in [-0.4, -0.2) is 38.6 Å². The van der Waals surface area contributed by atoms with Crippen LogP contribution in [0.3, 0.4) is 0 Å². The van der Waals surface area contributed by atoms with E-state index in [1.807, 2.05) is 83.4 Å². The summed E-state index contributed by atoms with van der Waals surface area (Å²) in [5.74, 6) is 1.33. The number of rotatable bonds is 4. The van der Waals surface area contributed by atoms with Crippen molar-refractivity contribution in [3.63, 3.8) is 0 Å². The number of carbonyl (C=O) groups excluding carboxylic acids is 1. The zero-order valence-corrected chi connectivity index (χ0v) is 16.7. The molecule has 1 fully saturated rings. The number of likely N-dealkylation sites (tertiary alicyclic amines) is 1. The van der Waals surface area contributed by atoms with Gasteiger partial charge in [0, 0.05) is 42.7 Å². The lowest BCUT2D eigenvalue weighted by Crippen LogP contribution is -2.28. The van der Waals surface area contributed by atoms with Crippen LogP contribution in [0.1, 0.15) is 39.5 Å². The minimum Gasteiger partial charge on any atom is -0.339 e. The number of nitrogens with zero attached hydrogens (tertiary/aromatic N) is 4. The summed E-state index contributed by atoms with van der Waals surface area (Å²) in [6.07, 6.45) is 3.97. The van der Waals surface area contributed by atoms with Gasteiger partial charge < -0.3 is 14.0 Å². The molecule has 0 N–H and O–H groups in total. The second kappa shape index (κ2) is 7.63. The highest BCUT2D eigenvalue weighted by Crippen LogP contribution is 2.39. The third-order valence-electron chi connectivity index (χ3n) is 5.71. The summed E-state index contributed by atoms with van der Waals surface area (Å²) < 4.78 is 7.51. The second-order valence-corrected chi connectivity index (χ2v) is 7.65.